The van der Waals surface area contributed by atoms with E-state index >= 15 is 0 Å². The summed E-state index contributed by atoms with van der Waals surface area (Å²) in [5.74, 6) is 1.86. The third-order valence-electron chi connectivity index (χ3n) is 3.73. The van der Waals surface area contributed by atoms with Gasteiger partial charge in [-0.15, -0.1) is 11.3 Å². The second-order valence-electron chi connectivity index (χ2n) is 5.13. The third kappa shape index (κ3) is 2.72. The van der Waals surface area contributed by atoms with Gasteiger partial charge < -0.3 is 10.4 Å². The van der Waals surface area contributed by atoms with Crippen molar-refractivity contribution in [1.29, 1.82) is 0 Å². The van der Waals surface area contributed by atoms with Crippen LogP contribution in [0.4, 0.5) is 5.82 Å². The van der Waals surface area contributed by atoms with Crippen molar-refractivity contribution in [2.45, 2.75) is 51.2 Å². The molecule has 2 aromatic rings. The lowest BCUT2D eigenvalue weighted by atomic mass is 9.93. The highest BCUT2D eigenvalue weighted by molar-refractivity contribution is 7.16. The number of aryl methyl sites for hydroxylation is 1. The van der Waals surface area contributed by atoms with Crippen LogP contribution in [-0.4, -0.2) is 27.2 Å². The van der Waals surface area contributed by atoms with Crippen LogP contribution in [0.5, 0.6) is 0 Å². The number of fused-ring (bicyclic) bond motifs is 1. The van der Waals surface area contributed by atoms with E-state index in [9.17, 15) is 5.11 Å². The molecular weight excluding hydrogens is 258 g/mol. The van der Waals surface area contributed by atoms with E-state index in [1.54, 1.807) is 11.3 Å². The maximum absolute atomic E-state index is 9.56. The lowest BCUT2D eigenvalue weighted by Crippen LogP contribution is -2.28. The van der Waals surface area contributed by atoms with Gasteiger partial charge in [0.1, 0.15) is 16.5 Å². The summed E-state index contributed by atoms with van der Waals surface area (Å²) in [7, 11) is 0. The second kappa shape index (κ2) is 5.43. The summed E-state index contributed by atoms with van der Waals surface area (Å²) in [6.07, 6.45) is 4.53. The molecule has 2 aromatic heterocycles. The Kier molecular flexibility index (Phi) is 3.66. The van der Waals surface area contributed by atoms with Crippen molar-refractivity contribution in [2.24, 2.45) is 0 Å². The van der Waals surface area contributed by atoms with Gasteiger partial charge in [0, 0.05) is 12.5 Å². The van der Waals surface area contributed by atoms with E-state index in [-0.39, 0.29) is 6.10 Å². The highest BCUT2D eigenvalue weighted by Crippen LogP contribution is 2.28. The molecule has 3 rings (SSSR count). The fourth-order valence-electron chi connectivity index (χ4n) is 2.58. The molecular formula is C14H19N3OS. The summed E-state index contributed by atoms with van der Waals surface area (Å²) in [5.41, 5.74) is 0. The minimum atomic E-state index is -0.115. The van der Waals surface area contributed by atoms with E-state index in [2.05, 4.69) is 33.7 Å². The molecule has 19 heavy (non-hydrogen) atoms. The Morgan fingerprint density at radius 1 is 1.32 bits per heavy atom. The van der Waals surface area contributed by atoms with Crippen molar-refractivity contribution in [3.8, 4) is 0 Å². The van der Waals surface area contributed by atoms with Crippen molar-refractivity contribution in [2.75, 3.05) is 5.32 Å². The molecule has 1 fully saturated rings. The standard InChI is InChI=1S/C14H19N3OS/c1-2-12-16-13(11-7-8-19-14(11)17-12)15-9-3-5-10(18)6-4-9/h7-10,18H,2-6H2,1H3,(H,15,16,17). The molecule has 0 radical (unpaired) electrons. The first-order chi connectivity index (χ1) is 9.26. The van der Waals surface area contributed by atoms with Gasteiger partial charge in [-0.25, -0.2) is 9.97 Å². The molecule has 0 spiro atoms. The maximum Gasteiger partial charge on any atom is 0.138 e. The topological polar surface area (TPSA) is 58.0 Å². The van der Waals surface area contributed by atoms with Crippen LogP contribution in [0.3, 0.4) is 0 Å². The predicted octanol–water partition coefficient (Wildman–Crippen LogP) is 2.97. The number of anilines is 1. The summed E-state index contributed by atoms with van der Waals surface area (Å²) in [6.45, 7) is 2.08. The van der Waals surface area contributed by atoms with Crippen LogP contribution in [-0.2, 0) is 6.42 Å². The van der Waals surface area contributed by atoms with Crippen molar-refractivity contribution in [3.05, 3.63) is 17.3 Å². The molecule has 0 unspecified atom stereocenters. The van der Waals surface area contributed by atoms with Gasteiger partial charge in [0.2, 0.25) is 0 Å². The molecule has 2 N–H and O–H groups in total. The molecule has 0 aliphatic heterocycles. The lowest BCUT2D eigenvalue weighted by Gasteiger charge is -2.26. The Labute approximate surface area is 116 Å². The van der Waals surface area contributed by atoms with E-state index in [1.165, 1.54) is 0 Å². The van der Waals surface area contributed by atoms with Crippen LogP contribution in [0.15, 0.2) is 11.4 Å². The summed E-state index contributed by atoms with van der Waals surface area (Å²) >= 11 is 1.66. The molecule has 0 bridgehead atoms. The van der Waals surface area contributed by atoms with Gasteiger partial charge in [-0.05, 0) is 37.1 Å². The number of aliphatic hydroxyl groups excluding tert-OH is 1. The number of nitrogens with one attached hydrogen (secondary N) is 1. The summed E-state index contributed by atoms with van der Waals surface area (Å²) in [5, 5.41) is 16.3. The molecule has 0 amide bonds. The zero-order valence-electron chi connectivity index (χ0n) is 11.1. The quantitative estimate of drug-likeness (QED) is 0.905. The number of aromatic nitrogens is 2. The Hall–Kier alpha value is -1.20. The van der Waals surface area contributed by atoms with Gasteiger partial charge in [0.05, 0.1) is 11.5 Å². The van der Waals surface area contributed by atoms with Crippen LogP contribution in [0.25, 0.3) is 10.2 Å². The van der Waals surface area contributed by atoms with Gasteiger partial charge in [-0.2, -0.15) is 0 Å². The van der Waals surface area contributed by atoms with Gasteiger partial charge in [0.15, 0.2) is 0 Å². The van der Waals surface area contributed by atoms with E-state index in [0.717, 1.165) is 54.0 Å². The monoisotopic (exact) mass is 277 g/mol. The van der Waals surface area contributed by atoms with Crippen LogP contribution in [0.2, 0.25) is 0 Å². The molecule has 102 valence electrons. The van der Waals surface area contributed by atoms with Crippen LogP contribution < -0.4 is 5.32 Å². The normalized spacial score (nSPS) is 23.7. The van der Waals surface area contributed by atoms with E-state index in [0.29, 0.717) is 6.04 Å². The van der Waals surface area contributed by atoms with E-state index in [1.807, 2.05) is 0 Å². The largest absolute Gasteiger partial charge is 0.393 e. The number of aliphatic hydroxyl groups is 1. The Balaban J connectivity index is 1.85. The minimum Gasteiger partial charge on any atom is -0.393 e. The Bertz CT molecular complexity index is 561. The molecule has 1 aliphatic rings. The molecule has 4 nitrogen and oxygen atoms in total. The number of nitrogens with zero attached hydrogens (tertiary/aromatic N) is 2. The second-order valence-corrected chi connectivity index (χ2v) is 6.03. The zero-order chi connectivity index (χ0) is 13.2. The van der Waals surface area contributed by atoms with Gasteiger partial charge >= 0.3 is 0 Å². The van der Waals surface area contributed by atoms with Crippen LogP contribution in [0.1, 0.15) is 38.4 Å². The smallest absolute Gasteiger partial charge is 0.138 e. The van der Waals surface area contributed by atoms with E-state index in [4.69, 9.17) is 0 Å². The number of hydrogen-bond donors (Lipinski definition) is 2. The molecule has 0 saturated heterocycles. The first-order valence-electron chi connectivity index (χ1n) is 6.95. The van der Waals surface area contributed by atoms with E-state index < -0.39 is 0 Å². The molecule has 1 aliphatic carbocycles. The highest BCUT2D eigenvalue weighted by Gasteiger charge is 2.20. The fraction of sp³-hybridized carbons (Fsp3) is 0.571. The van der Waals surface area contributed by atoms with Crippen molar-refractivity contribution >= 4 is 27.4 Å². The molecule has 1 saturated carbocycles. The lowest BCUT2D eigenvalue weighted by molar-refractivity contribution is 0.126. The number of thiophene rings is 1. The summed E-state index contributed by atoms with van der Waals surface area (Å²) in [4.78, 5) is 10.2. The van der Waals surface area contributed by atoms with Crippen LogP contribution >= 0.6 is 11.3 Å². The Morgan fingerprint density at radius 2 is 2.11 bits per heavy atom. The molecule has 0 aromatic carbocycles. The molecule has 5 heteroatoms. The first-order valence-corrected chi connectivity index (χ1v) is 7.83. The average molecular weight is 277 g/mol. The SMILES string of the molecule is CCc1nc(NC2CCC(O)CC2)c2ccsc2n1. The highest BCUT2D eigenvalue weighted by atomic mass is 32.1. The molecule has 2 heterocycles. The fourth-order valence-corrected chi connectivity index (χ4v) is 3.36. The third-order valence-corrected chi connectivity index (χ3v) is 4.53. The summed E-state index contributed by atoms with van der Waals surface area (Å²) < 4.78 is 0. The maximum atomic E-state index is 9.56. The summed E-state index contributed by atoms with van der Waals surface area (Å²) in [6, 6.07) is 2.51. The van der Waals surface area contributed by atoms with Crippen molar-refractivity contribution in [3.63, 3.8) is 0 Å². The minimum absolute atomic E-state index is 0.115. The van der Waals surface area contributed by atoms with Gasteiger partial charge in [-0.3, -0.25) is 0 Å². The predicted molar refractivity (Wildman–Crippen MR) is 78.7 cm³/mol. The molecule has 0 atom stereocenters. The first kappa shape index (κ1) is 12.8. The van der Waals surface area contributed by atoms with Gasteiger partial charge in [-0.1, -0.05) is 6.92 Å². The Morgan fingerprint density at radius 3 is 2.84 bits per heavy atom. The van der Waals surface area contributed by atoms with Crippen molar-refractivity contribution < 1.29 is 5.11 Å². The van der Waals surface area contributed by atoms with Crippen molar-refractivity contribution in [1.82, 2.24) is 9.97 Å². The van der Waals surface area contributed by atoms with Crippen LogP contribution in [0, 0.1) is 0 Å². The zero-order valence-corrected chi connectivity index (χ0v) is 11.9. The number of hydrogen-bond acceptors (Lipinski definition) is 5. The average Bonchev–Trinajstić information content (AvgIpc) is 2.89. The van der Waals surface area contributed by atoms with Gasteiger partial charge in [0.25, 0.3) is 0 Å². The number of rotatable bonds is 3.